The van der Waals surface area contributed by atoms with Crippen molar-refractivity contribution in [2.24, 2.45) is 5.92 Å². The molecule has 26 heavy (non-hydrogen) atoms. The molecule has 1 unspecified atom stereocenters. The second-order valence-corrected chi connectivity index (χ2v) is 6.67. The third-order valence-corrected chi connectivity index (χ3v) is 4.57. The minimum absolute atomic E-state index is 0.00609. The monoisotopic (exact) mass is 357 g/mol. The number of hydrogen-bond donors (Lipinski definition) is 3. The van der Waals surface area contributed by atoms with Gasteiger partial charge in [-0.05, 0) is 43.5 Å². The summed E-state index contributed by atoms with van der Waals surface area (Å²) in [5.74, 6) is -0.310. The number of likely N-dealkylation sites (N-methyl/N-ethyl adjacent to an activating group) is 1. The van der Waals surface area contributed by atoms with Crippen molar-refractivity contribution in [3.63, 3.8) is 0 Å². The zero-order valence-corrected chi connectivity index (χ0v) is 15.6. The van der Waals surface area contributed by atoms with E-state index in [1.165, 1.54) is 6.07 Å². The summed E-state index contributed by atoms with van der Waals surface area (Å²) < 4.78 is 14.0. The van der Waals surface area contributed by atoms with Crippen LogP contribution in [0.1, 0.15) is 37.3 Å². The molecule has 1 saturated carbocycles. The van der Waals surface area contributed by atoms with E-state index in [9.17, 15) is 9.18 Å². The van der Waals surface area contributed by atoms with Crippen LogP contribution in [-0.2, 0) is 17.8 Å². The van der Waals surface area contributed by atoms with Gasteiger partial charge >= 0.3 is 0 Å². The van der Waals surface area contributed by atoms with Gasteiger partial charge in [0, 0.05) is 24.2 Å². The van der Waals surface area contributed by atoms with Gasteiger partial charge in [-0.2, -0.15) is 0 Å². The third kappa shape index (κ3) is 5.11. The molecule has 0 radical (unpaired) electrons. The molecule has 1 atom stereocenters. The fourth-order valence-electron chi connectivity index (χ4n) is 2.86. The molecule has 1 fully saturated rings. The largest absolute Gasteiger partial charge is 0.386 e. The van der Waals surface area contributed by atoms with Crippen LogP contribution in [0.3, 0.4) is 0 Å². The molecule has 2 rings (SSSR count). The van der Waals surface area contributed by atoms with Crippen molar-refractivity contribution in [1.29, 1.82) is 5.41 Å². The van der Waals surface area contributed by atoms with Crippen LogP contribution in [0.15, 0.2) is 42.6 Å². The topological polar surface area (TPSA) is 65.0 Å². The molecule has 0 aliphatic heterocycles. The Morgan fingerprint density at radius 3 is 2.73 bits per heavy atom. The lowest BCUT2D eigenvalue weighted by Crippen LogP contribution is -2.33. The van der Waals surface area contributed by atoms with Gasteiger partial charge in [0.15, 0.2) is 5.78 Å². The van der Waals surface area contributed by atoms with Crippen LogP contribution in [0.4, 0.5) is 4.39 Å². The van der Waals surface area contributed by atoms with Gasteiger partial charge in [-0.1, -0.05) is 31.6 Å². The summed E-state index contributed by atoms with van der Waals surface area (Å²) in [5.41, 5.74) is 2.12. The Balaban J connectivity index is 2.09. The summed E-state index contributed by atoms with van der Waals surface area (Å²) in [4.78, 5) is 12.3. The van der Waals surface area contributed by atoms with Crippen LogP contribution in [0, 0.1) is 17.1 Å². The van der Waals surface area contributed by atoms with Crippen LogP contribution in [-0.4, -0.2) is 24.6 Å². The number of benzene rings is 1. The van der Waals surface area contributed by atoms with E-state index in [0.29, 0.717) is 12.1 Å². The van der Waals surface area contributed by atoms with Crippen LogP contribution in [0.25, 0.3) is 0 Å². The molecule has 4 nitrogen and oxygen atoms in total. The molecule has 1 aliphatic carbocycles. The second-order valence-electron chi connectivity index (χ2n) is 6.67. The maximum absolute atomic E-state index is 14.0. The van der Waals surface area contributed by atoms with Gasteiger partial charge in [0.2, 0.25) is 0 Å². The van der Waals surface area contributed by atoms with Crippen molar-refractivity contribution in [3.8, 4) is 0 Å². The summed E-state index contributed by atoms with van der Waals surface area (Å²) in [6.07, 6.45) is 6.70. The van der Waals surface area contributed by atoms with Gasteiger partial charge in [-0.15, -0.1) is 6.58 Å². The van der Waals surface area contributed by atoms with E-state index < -0.39 is 0 Å². The molecule has 3 N–H and O–H groups in total. The van der Waals surface area contributed by atoms with Crippen LogP contribution < -0.4 is 10.6 Å². The minimum Gasteiger partial charge on any atom is -0.386 e. The fraction of sp³-hybridized carbons (Fsp3) is 0.429. The first-order valence-corrected chi connectivity index (χ1v) is 9.15. The Labute approximate surface area is 155 Å². The molecule has 0 bridgehead atoms. The number of nitrogens with one attached hydrogen (secondary N) is 3. The molecule has 0 spiro atoms. The van der Waals surface area contributed by atoms with Gasteiger partial charge in [0.25, 0.3) is 0 Å². The average Bonchev–Trinajstić information content (AvgIpc) is 3.47. The average molecular weight is 357 g/mol. The first-order valence-electron chi connectivity index (χ1n) is 9.15. The fourth-order valence-corrected chi connectivity index (χ4v) is 2.86. The lowest BCUT2D eigenvalue weighted by atomic mass is 9.98. The Bertz CT molecular complexity index is 707. The number of halogens is 1. The number of carbonyl (C=O) groups excluding carboxylic acids is 1. The van der Waals surface area contributed by atoms with E-state index in [1.54, 1.807) is 19.3 Å². The molecule has 0 saturated heterocycles. The van der Waals surface area contributed by atoms with Gasteiger partial charge < -0.3 is 10.6 Å². The molecule has 1 aromatic carbocycles. The highest BCUT2D eigenvalue weighted by Gasteiger charge is 2.34. The number of rotatable bonds is 11. The van der Waals surface area contributed by atoms with Crippen molar-refractivity contribution in [2.75, 3.05) is 7.05 Å². The van der Waals surface area contributed by atoms with Crippen LogP contribution in [0.5, 0.6) is 0 Å². The molecular formula is C21H28FN3O. The molecule has 1 aliphatic rings. The standard InChI is InChI=1S/C21H28FN3O/c1-4-6-15-8-7-14(11-18(15)22)12-25-13-17(19(5-2)24-3)20(23)21(26)16-9-10-16/h5,7-8,11,13,16,19,23-25H,2,4,6,9-10,12H2,1,3H3/b17-13+,23-20?. The number of carbonyl (C=O) groups is 1. The number of Topliss-reactive ketones (excluding diaryl/α,β-unsaturated/α-hetero) is 1. The van der Waals surface area contributed by atoms with Crippen LogP contribution >= 0.6 is 0 Å². The Morgan fingerprint density at radius 1 is 1.46 bits per heavy atom. The smallest absolute Gasteiger partial charge is 0.183 e. The van der Waals surface area contributed by atoms with Crippen molar-refractivity contribution < 1.29 is 9.18 Å². The van der Waals surface area contributed by atoms with Crippen LogP contribution in [0.2, 0.25) is 0 Å². The molecule has 0 amide bonds. The Kier molecular flexibility index (Phi) is 7.27. The number of aryl methyl sites for hydroxylation is 1. The zero-order chi connectivity index (χ0) is 19.1. The minimum atomic E-state index is -0.290. The van der Waals surface area contributed by atoms with E-state index >= 15 is 0 Å². The first kappa shape index (κ1) is 20.0. The summed E-state index contributed by atoms with van der Waals surface area (Å²) >= 11 is 0. The van der Waals surface area contributed by atoms with E-state index in [2.05, 4.69) is 17.2 Å². The Hall–Kier alpha value is -2.27. The molecule has 140 valence electrons. The highest BCUT2D eigenvalue weighted by atomic mass is 19.1. The number of hydrogen-bond acceptors (Lipinski definition) is 4. The normalized spacial score (nSPS) is 15.4. The summed E-state index contributed by atoms with van der Waals surface area (Å²) in [6, 6.07) is 4.97. The van der Waals surface area contributed by atoms with E-state index in [-0.39, 0.29) is 29.3 Å². The summed E-state index contributed by atoms with van der Waals surface area (Å²) in [7, 11) is 1.76. The second kappa shape index (κ2) is 9.43. The molecule has 0 aromatic heterocycles. The highest BCUT2D eigenvalue weighted by molar-refractivity contribution is 6.46. The molecular weight excluding hydrogens is 329 g/mol. The van der Waals surface area contributed by atoms with E-state index in [0.717, 1.165) is 36.8 Å². The lowest BCUT2D eigenvalue weighted by molar-refractivity contribution is -0.114. The van der Waals surface area contributed by atoms with Gasteiger partial charge in [0.05, 0.1) is 6.04 Å². The maximum Gasteiger partial charge on any atom is 0.183 e. The molecule has 1 aromatic rings. The third-order valence-electron chi connectivity index (χ3n) is 4.57. The quantitative estimate of drug-likeness (QED) is 0.419. The maximum atomic E-state index is 14.0. The van der Waals surface area contributed by atoms with Gasteiger partial charge in [0.1, 0.15) is 11.5 Å². The van der Waals surface area contributed by atoms with E-state index in [4.69, 9.17) is 5.41 Å². The molecule has 0 heterocycles. The Morgan fingerprint density at radius 2 is 2.19 bits per heavy atom. The predicted octanol–water partition coefficient (Wildman–Crippen LogP) is 3.52. The zero-order valence-electron chi connectivity index (χ0n) is 15.6. The summed E-state index contributed by atoms with van der Waals surface area (Å²) in [6.45, 7) is 6.22. The predicted molar refractivity (Wildman–Crippen MR) is 104 cm³/mol. The SMILES string of the molecule is C=CC(NC)/C(=C\NCc1ccc(CCC)c(F)c1)C(=N)C(=O)C1CC1. The molecule has 5 heteroatoms. The summed E-state index contributed by atoms with van der Waals surface area (Å²) in [5, 5.41) is 14.4. The van der Waals surface area contributed by atoms with Crippen molar-refractivity contribution >= 4 is 11.5 Å². The number of ketones is 1. The van der Waals surface area contributed by atoms with Gasteiger partial charge in [-0.25, -0.2) is 4.39 Å². The first-order chi connectivity index (χ1) is 12.5. The van der Waals surface area contributed by atoms with Crippen molar-refractivity contribution in [2.45, 2.75) is 45.2 Å². The van der Waals surface area contributed by atoms with Crippen molar-refractivity contribution in [3.05, 3.63) is 59.6 Å². The van der Waals surface area contributed by atoms with E-state index in [1.807, 2.05) is 19.1 Å². The lowest BCUT2D eigenvalue weighted by Gasteiger charge is -2.17. The van der Waals surface area contributed by atoms with Gasteiger partial charge in [-0.3, -0.25) is 10.2 Å². The van der Waals surface area contributed by atoms with Crippen molar-refractivity contribution in [1.82, 2.24) is 10.6 Å². The highest BCUT2D eigenvalue weighted by Crippen LogP contribution is 2.31.